The van der Waals surface area contributed by atoms with E-state index in [4.69, 9.17) is 14.9 Å². The van der Waals surface area contributed by atoms with Crippen molar-refractivity contribution in [3.05, 3.63) is 75.1 Å². The summed E-state index contributed by atoms with van der Waals surface area (Å²) in [5.74, 6) is 0.515. The minimum absolute atomic E-state index is 0.121. The number of nitriles is 1. The third kappa shape index (κ3) is 5.34. The third-order valence-corrected chi connectivity index (χ3v) is 5.33. The molecule has 2 aromatic carbocycles. The molecule has 0 fully saturated rings. The van der Waals surface area contributed by atoms with Crippen molar-refractivity contribution >= 4 is 16.9 Å². The minimum Gasteiger partial charge on any atom is -0.497 e. The van der Waals surface area contributed by atoms with Crippen molar-refractivity contribution in [1.82, 2.24) is 5.32 Å². The zero-order valence-corrected chi connectivity index (χ0v) is 18.3. The molecular weight excluding hydrogens is 406 g/mol. The monoisotopic (exact) mass is 433 g/mol. The molecule has 0 aliphatic carbocycles. The first-order valence-corrected chi connectivity index (χ1v) is 10.6. The second-order valence-electron chi connectivity index (χ2n) is 7.72. The number of nitrogens with two attached hydrogens (primary N) is 1. The summed E-state index contributed by atoms with van der Waals surface area (Å²) in [4.78, 5) is 25.9. The quantitative estimate of drug-likeness (QED) is 0.501. The van der Waals surface area contributed by atoms with Crippen molar-refractivity contribution in [3.63, 3.8) is 0 Å². The molecular formula is C25H27N3O4. The fourth-order valence-electron chi connectivity index (χ4n) is 3.54. The van der Waals surface area contributed by atoms with Crippen LogP contribution in [0.1, 0.15) is 35.8 Å². The van der Waals surface area contributed by atoms with Crippen molar-refractivity contribution in [1.29, 1.82) is 5.26 Å². The Labute approximate surface area is 186 Å². The minimum atomic E-state index is -0.400. The number of carbonyl (C=O) groups is 1. The van der Waals surface area contributed by atoms with E-state index in [-0.39, 0.29) is 17.8 Å². The van der Waals surface area contributed by atoms with Crippen LogP contribution in [0.15, 0.2) is 51.7 Å². The van der Waals surface area contributed by atoms with E-state index in [1.54, 1.807) is 50.4 Å². The number of methoxy groups -OCH3 is 1. The predicted octanol–water partition coefficient (Wildman–Crippen LogP) is 2.91. The zero-order valence-electron chi connectivity index (χ0n) is 18.3. The van der Waals surface area contributed by atoms with Gasteiger partial charge in [0.2, 0.25) is 5.91 Å². The van der Waals surface area contributed by atoms with Gasteiger partial charge in [0, 0.05) is 36.9 Å². The molecule has 1 heterocycles. The van der Waals surface area contributed by atoms with Crippen LogP contribution in [0.2, 0.25) is 0 Å². The number of nitrogens with one attached hydrogen (secondary N) is 1. The summed E-state index contributed by atoms with van der Waals surface area (Å²) in [6, 6.07) is 14.3. The van der Waals surface area contributed by atoms with Gasteiger partial charge in [0.15, 0.2) is 5.43 Å². The maximum Gasteiger partial charge on any atom is 0.223 e. The van der Waals surface area contributed by atoms with Gasteiger partial charge in [-0.3, -0.25) is 9.59 Å². The standard InChI is InChI=1S/C25H27N3O4/c1-16(25(30)28-10-4-9-26)11-22-21(13-17-5-3-6-18(12-17)15-27)24(29)20-8-7-19(31-2)14-23(20)32-22/h3,5-8,12,14,16H,4,9-11,13,26H2,1-2H3,(H,28,30). The number of amides is 1. The molecule has 7 nitrogen and oxygen atoms in total. The number of hydrogen-bond donors (Lipinski definition) is 2. The van der Waals surface area contributed by atoms with Gasteiger partial charge in [-0.1, -0.05) is 19.1 Å². The molecule has 7 heteroatoms. The van der Waals surface area contributed by atoms with Crippen LogP contribution in [-0.4, -0.2) is 26.1 Å². The molecule has 0 bridgehead atoms. The topological polar surface area (TPSA) is 118 Å². The van der Waals surface area contributed by atoms with Gasteiger partial charge in [-0.15, -0.1) is 0 Å². The lowest BCUT2D eigenvalue weighted by Crippen LogP contribution is -2.32. The highest BCUT2D eigenvalue weighted by atomic mass is 16.5. The van der Waals surface area contributed by atoms with E-state index in [0.29, 0.717) is 59.5 Å². The van der Waals surface area contributed by atoms with Gasteiger partial charge in [0.05, 0.1) is 24.1 Å². The highest BCUT2D eigenvalue weighted by molar-refractivity contribution is 5.80. The molecule has 0 spiro atoms. The Balaban J connectivity index is 2.02. The summed E-state index contributed by atoms with van der Waals surface area (Å²) in [5, 5.41) is 12.5. The van der Waals surface area contributed by atoms with E-state index >= 15 is 0 Å². The van der Waals surface area contributed by atoms with Crippen LogP contribution in [-0.2, 0) is 17.6 Å². The number of fused-ring (bicyclic) bond motifs is 1. The van der Waals surface area contributed by atoms with E-state index in [9.17, 15) is 14.9 Å². The number of ether oxygens (including phenoxy) is 1. The fraction of sp³-hybridized carbons (Fsp3) is 0.320. The molecule has 0 saturated carbocycles. The molecule has 0 aliphatic rings. The second-order valence-corrected chi connectivity index (χ2v) is 7.72. The van der Waals surface area contributed by atoms with Crippen molar-refractivity contribution in [2.75, 3.05) is 20.2 Å². The van der Waals surface area contributed by atoms with Gasteiger partial charge in [0.25, 0.3) is 0 Å². The molecule has 0 saturated heterocycles. The summed E-state index contributed by atoms with van der Waals surface area (Å²) >= 11 is 0. The Kier molecular flexibility index (Phi) is 7.63. The van der Waals surface area contributed by atoms with Crippen LogP contribution in [0.5, 0.6) is 5.75 Å². The van der Waals surface area contributed by atoms with E-state index in [0.717, 1.165) is 5.56 Å². The van der Waals surface area contributed by atoms with Crippen molar-refractivity contribution < 1.29 is 13.9 Å². The maximum absolute atomic E-state index is 13.4. The fourth-order valence-corrected chi connectivity index (χ4v) is 3.54. The Morgan fingerprint density at radius 3 is 2.81 bits per heavy atom. The number of hydrogen-bond acceptors (Lipinski definition) is 6. The van der Waals surface area contributed by atoms with E-state index in [1.807, 2.05) is 6.07 Å². The van der Waals surface area contributed by atoms with Gasteiger partial charge in [-0.25, -0.2) is 0 Å². The van der Waals surface area contributed by atoms with E-state index in [1.165, 1.54) is 0 Å². The molecule has 3 N–H and O–H groups in total. The first-order chi connectivity index (χ1) is 15.5. The average Bonchev–Trinajstić information content (AvgIpc) is 2.81. The molecule has 166 valence electrons. The molecule has 1 amide bonds. The first-order valence-electron chi connectivity index (χ1n) is 10.6. The molecule has 1 unspecified atom stereocenters. The molecule has 3 rings (SSSR count). The lowest BCUT2D eigenvalue weighted by molar-refractivity contribution is -0.124. The molecule has 0 radical (unpaired) electrons. The third-order valence-electron chi connectivity index (χ3n) is 5.33. The van der Waals surface area contributed by atoms with Crippen LogP contribution in [0, 0.1) is 17.2 Å². The van der Waals surface area contributed by atoms with Crippen LogP contribution in [0.3, 0.4) is 0 Å². The van der Waals surface area contributed by atoms with Crippen LogP contribution in [0.25, 0.3) is 11.0 Å². The van der Waals surface area contributed by atoms with Gasteiger partial charge in [-0.05, 0) is 42.8 Å². The van der Waals surface area contributed by atoms with Crippen LogP contribution in [0.4, 0.5) is 0 Å². The van der Waals surface area contributed by atoms with Gasteiger partial charge in [0.1, 0.15) is 17.1 Å². The van der Waals surface area contributed by atoms with Crippen LogP contribution >= 0.6 is 0 Å². The Morgan fingerprint density at radius 1 is 1.28 bits per heavy atom. The SMILES string of the molecule is COc1ccc2c(=O)c(Cc3cccc(C#N)c3)c(CC(C)C(=O)NCCCN)oc2c1. The van der Waals surface area contributed by atoms with Gasteiger partial charge in [-0.2, -0.15) is 5.26 Å². The summed E-state index contributed by atoms with van der Waals surface area (Å²) in [6.07, 6.45) is 1.27. The summed E-state index contributed by atoms with van der Waals surface area (Å²) in [7, 11) is 1.55. The second kappa shape index (κ2) is 10.6. The normalized spacial score (nSPS) is 11.7. The highest BCUT2D eigenvalue weighted by Gasteiger charge is 2.21. The largest absolute Gasteiger partial charge is 0.497 e. The lowest BCUT2D eigenvalue weighted by atomic mass is 9.96. The molecule has 1 atom stereocenters. The number of carbonyl (C=O) groups excluding carboxylic acids is 1. The molecule has 32 heavy (non-hydrogen) atoms. The van der Waals surface area contributed by atoms with E-state index < -0.39 is 5.92 Å². The zero-order chi connectivity index (χ0) is 23.1. The molecule has 0 aliphatic heterocycles. The van der Waals surface area contributed by atoms with Crippen molar-refractivity contribution in [3.8, 4) is 11.8 Å². The summed E-state index contributed by atoms with van der Waals surface area (Å²) in [6.45, 7) is 2.81. The lowest BCUT2D eigenvalue weighted by Gasteiger charge is -2.15. The van der Waals surface area contributed by atoms with E-state index in [2.05, 4.69) is 11.4 Å². The Bertz CT molecular complexity index is 1210. The Hall–Kier alpha value is -3.63. The smallest absolute Gasteiger partial charge is 0.223 e. The number of benzene rings is 2. The summed E-state index contributed by atoms with van der Waals surface area (Å²) in [5.41, 5.74) is 7.58. The highest BCUT2D eigenvalue weighted by Crippen LogP contribution is 2.24. The molecule has 3 aromatic rings. The maximum atomic E-state index is 13.4. The summed E-state index contributed by atoms with van der Waals surface area (Å²) < 4.78 is 11.4. The predicted molar refractivity (Wildman–Crippen MR) is 123 cm³/mol. The Morgan fingerprint density at radius 2 is 2.09 bits per heavy atom. The van der Waals surface area contributed by atoms with Crippen molar-refractivity contribution in [2.45, 2.75) is 26.2 Å². The molecule has 1 aromatic heterocycles. The van der Waals surface area contributed by atoms with Crippen molar-refractivity contribution in [2.24, 2.45) is 11.7 Å². The van der Waals surface area contributed by atoms with Crippen LogP contribution < -0.4 is 21.2 Å². The van der Waals surface area contributed by atoms with Gasteiger partial charge < -0.3 is 20.2 Å². The van der Waals surface area contributed by atoms with Gasteiger partial charge >= 0.3 is 0 Å². The number of rotatable bonds is 9. The number of nitrogens with zero attached hydrogens (tertiary/aromatic N) is 1. The average molecular weight is 434 g/mol. The first kappa shape index (κ1) is 23.0.